The molecule has 0 N–H and O–H groups in total. The molecule has 4 aromatic carbocycles. The molecule has 0 fully saturated rings. The Balaban J connectivity index is 1.65. The zero-order chi connectivity index (χ0) is 24.5. The van der Waals surface area contributed by atoms with Gasteiger partial charge in [-0.2, -0.15) is 0 Å². The molecule has 8 heteroatoms. The van der Waals surface area contributed by atoms with E-state index in [9.17, 15) is 19.3 Å². The van der Waals surface area contributed by atoms with Crippen LogP contribution in [0.2, 0.25) is 0 Å². The number of hydrogen-bond donors (Lipinski definition) is 0. The van der Waals surface area contributed by atoms with Crippen molar-refractivity contribution in [3.05, 3.63) is 118 Å². The second-order valence-electron chi connectivity index (χ2n) is 7.86. The monoisotopic (exact) mass is 467 g/mol. The van der Waals surface area contributed by atoms with Gasteiger partial charge in [0.25, 0.3) is 5.69 Å². The van der Waals surface area contributed by atoms with Crippen molar-refractivity contribution < 1.29 is 18.9 Å². The second kappa shape index (κ2) is 8.83. The molecular weight excluding hydrogens is 449 g/mol. The van der Waals surface area contributed by atoms with Gasteiger partial charge in [-0.25, -0.2) is 9.18 Å². The third kappa shape index (κ3) is 4.02. The van der Waals surface area contributed by atoms with E-state index in [0.717, 1.165) is 27.5 Å². The Morgan fingerprint density at radius 3 is 2.31 bits per heavy atom. The van der Waals surface area contributed by atoms with E-state index in [1.54, 1.807) is 42.5 Å². The molecule has 0 atom stereocenters. The number of nitro benzene ring substituents is 1. The number of carbonyl (C=O) groups excluding carboxylic acids is 1. The van der Waals surface area contributed by atoms with Gasteiger partial charge >= 0.3 is 5.97 Å². The molecule has 0 saturated carbocycles. The third-order valence-corrected chi connectivity index (χ3v) is 5.66. The van der Waals surface area contributed by atoms with Gasteiger partial charge in [0.2, 0.25) is 0 Å². The number of nitrogens with zero attached hydrogens (tertiary/aromatic N) is 3. The lowest BCUT2D eigenvalue weighted by atomic mass is 10.0. The molecule has 0 aliphatic rings. The summed E-state index contributed by atoms with van der Waals surface area (Å²) in [6.45, 7) is 1.22. The number of rotatable bonds is 5. The normalized spacial score (nSPS) is 11.7. The lowest BCUT2D eigenvalue weighted by molar-refractivity contribution is -0.384. The van der Waals surface area contributed by atoms with Crippen molar-refractivity contribution in [1.29, 1.82) is 0 Å². The van der Waals surface area contributed by atoms with E-state index in [1.807, 2.05) is 41.0 Å². The van der Waals surface area contributed by atoms with E-state index in [4.69, 9.17) is 4.84 Å². The molecule has 5 rings (SSSR count). The van der Waals surface area contributed by atoms with Gasteiger partial charge in [0.1, 0.15) is 11.5 Å². The predicted octanol–water partition coefficient (Wildman–Crippen LogP) is 6.15. The molecule has 0 radical (unpaired) electrons. The molecule has 35 heavy (non-hydrogen) atoms. The minimum absolute atomic E-state index is 0.0203. The third-order valence-electron chi connectivity index (χ3n) is 5.66. The van der Waals surface area contributed by atoms with Gasteiger partial charge in [-0.3, -0.25) is 10.1 Å². The summed E-state index contributed by atoms with van der Waals surface area (Å²) in [5, 5.41) is 16.9. The number of hydrogen-bond acceptors (Lipinski definition) is 5. The highest BCUT2D eigenvalue weighted by Crippen LogP contribution is 2.34. The van der Waals surface area contributed by atoms with E-state index in [0.29, 0.717) is 5.56 Å². The van der Waals surface area contributed by atoms with Crippen molar-refractivity contribution in [2.75, 3.05) is 0 Å². The average molecular weight is 467 g/mol. The average Bonchev–Trinajstić information content (AvgIpc) is 3.19. The van der Waals surface area contributed by atoms with Crippen LogP contribution in [0.1, 0.15) is 18.1 Å². The first-order valence-electron chi connectivity index (χ1n) is 10.7. The number of non-ortho nitro benzene ring substituents is 1. The zero-order valence-electron chi connectivity index (χ0n) is 18.5. The predicted molar refractivity (Wildman–Crippen MR) is 131 cm³/mol. The van der Waals surface area contributed by atoms with E-state index >= 15 is 0 Å². The molecule has 1 heterocycles. The number of nitro groups is 1. The fraction of sp³-hybridized carbons (Fsp3) is 0.0370. The SMILES string of the molecule is CC(=O)O/N=C(\c1ccc(-n2c3ccccc3c3cc([N+](=O)[O-])ccc32)cc1)c1ccccc1F. The fourth-order valence-corrected chi connectivity index (χ4v) is 4.14. The molecule has 0 spiro atoms. The molecule has 172 valence electrons. The van der Waals surface area contributed by atoms with Gasteiger partial charge < -0.3 is 9.40 Å². The Hall–Kier alpha value is -4.85. The first kappa shape index (κ1) is 22.0. The van der Waals surface area contributed by atoms with E-state index in [2.05, 4.69) is 5.16 Å². The quantitative estimate of drug-likeness (QED) is 0.134. The highest BCUT2D eigenvalue weighted by atomic mass is 19.1. The Bertz CT molecular complexity index is 1640. The first-order chi connectivity index (χ1) is 16.9. The fourth-order valence-electron chi connectivity index (χ4n) is 4.14. The van der Waals surface area contributed by atoms with Gasteiger partial charge in [0, 0.05) is 46.6 Å². The van der Waals surface area contributed by atoms with Crippen LogP contribution in [0.5, 0.6) is 0 Å². The summed E-state index contributed by atoms with van der Waals surface area (Å²) >= 11 is 0. The topological polar surface area (TPSA) is 86.7 Å². The molecule has 0 aliphatic heterocycles. The van der Waals surface area contributed by atoms with Crippen molar-refractivity contribution >= 4 is 39.2 Å². The molecule has 0 unspecified atom stereocenters. The summed E-state index contributed by atoms with van der Waals surface area (Å²) in [7, 11) is 0. The summed E-state index contributed by atoms with van der Waals surface area (Å²) < 4.78 is 16.5. The number of carbonyl (C=O) groups is 1. The van der Waals surface area contributed by atoms with E-state index in [-0.39, 0.29) is 17.0 Å². The number of aromatic nitrogens is 1. The lowest BCUT2D eigenvalue weighted by Crippen LogP contribution is -2.08. The van der Waals surface area contributed by atoms with Gasteiger partial charge in [-0.15, -0.1) is 0 Å². The molecule has 7 nitrogen and oxygen atoms in total. The molecule has 0 aliphatic carbocycles. The minimum Gasteiger partial charge on any atom is -0.318 e. The van der Waals surface area contributed by atoms with Crippen molar-refractivity contribution in [3.8, 4) is 5.69 Å². The van der Waals surface area contributed by atoms with Crippen LogP contribution in [0.3, 0.4) is 0 Å². The van der Waals surface area contributed by atoms with Crippen LogP contribution in [0.15, 0.2) is 96.2 Å². The number of oxime groups is 1. The molecular formula is C27H18FN3O4. The zero-order valence-corrected chi connectivity index (χ0v) is 18.5. The van der Waals surface area contributed by atoms with E-state index < -0.39 is 16.7 Å². The van der Waals surface area contributed by atoms with Gasteiger partial charge in [0.05, 0.1) is 16.0 Å². The molecule has 0 bridgehead atoms. The maximum absolute atomic E-state index is 14.5. The van der Waals surface area contributed by atoms with Crippen LogP contribution in [-0.2, 0) is 9.63 Å². The van der Waals surface area contributed by atoms with Crippen LogP contribution >= 0.6 is 0 Å². The maximum Gasteiger partial charge on any atom is 0.332 e. The number of benzene rings is 4. The standard InChI is InChI=1S/C27H18FN3O4/c1-17(32)35-29-27(22-7-2-4-8-24(22)28)18-10-12-19(13-11-18)30-25-9-5-3-6-21(25)23-16-20(31(33)34)14-15-26(23)30/h2-16H,1H3/b29-27+. The summed E-state index contributed by atoms with van der Waals surface area (Å²) in [5.41, 5.74) is 3.46. The smallest absolute Gasteiger partial charge is 0.318 e. The van der Waals surface area contributed by atoms with E-state index in [1.165, 1.54) is 19.1 Å². The first-order valence-corrected chi connectivity index (χ1v) is 10.7. The Labute approximate surface area is 198 Å². The summed E-state index contributed by atoms with van der Waals surface area (Å²) in [4.78, 5) is 27.1. The summed E-state index contributed by atoms with van der Waals surface area (Å²) in [5.74, 6) is -1.11. The Kier molecular flexibility index (Phi) is 5.54. The van der Waals surface area contributed by atoms with Crippen LogP contribution in [0.4, 0.5) is 10.1 Å². The number of para-hydroxylation sites is 1. The molecule has 1 aromatic heterocycles. The van der Waals surface area contributed by atoms with Crippen molar-refractivity contribution in [3.63, 3.8) is 0 Å². The van der Waals surface area contributed by atoms with Crippen LogP contribution in [-0.4, -0.2) is 21.2 Å². The van der Waals surface area contributed by atoms with Gasteiger partial charge in [0.15, 0.2) is 0 Å². The van der Waals surface area contributed by atoms with Crippen LogP contribution in [0, 0.1) is 15.9 Å². The van der Waals surface area contributed by atoms with Crippen molar-refractivity contribution in [2.24, 2.45) is 5.16 Å². The second-order valence-corrected chi connectivity index (χ2v) is 7.86. The molecule has 0 saturated heterocycles. The highest BCUT2D eigenvalue weighted by Gasteiger charge is 2.17. The molecule has 0 amide bonds. The van der Waals surface area contributed by atoms with Crippen LogP contribution < -0.4 is 0 Å². The van der Waals surface area contributed by atoms with Gasteiger partial charge in [-0.05, 0) is 36.4 Å². The van der Waals surface area contributed by atoms with Crippen LogP contribution in [0.25, 0.3) is 27.5 Å². The van der Waals surface area contributed by atoms with Crippen molar-refractivity contribution in [2.45, 2.75) is 6.92 Å². The summed E-state index contributed by atoms with van der Waals surface area (Å²) in [6, 6.07) is 25.8. The summed E-state index contributed by atoms with van der Waals surface area (Å²) in [6.07, 6.45) is 0. The van der Waals surface area contributed by atoms with Gasteiger partial charge in [-0.1, -0.05) is 47.6 Å². The number of halogens is 1. The Morgan fingerprint density at radius 2 is 1.60 bits per heavy atom. The number of fused-ring (bicyclic) bond motifs is 3. The Morgan fingerprint density at radius 1 is 0.914 bits per heavy atom. The lowest BCUT2D eigenvalue weighted by Gasteiger charge is -2.11. The largest absolute Gasteiger partial charge is 0.332 e. The minimum atomic E-state index is -0.616. The van der Waals surface area contributed by atoms with Crippen molar-refractivity contribution in [1.82, 2.24) is 4.57 Å². The maximum atomic E-state index is 14.5. The highest BCUT2D eigenvalue weighted by molar-refractivity contribution is 6.13. The molecule has 5 aromatic rings.